The Labute approximate surface area is 87.9 Å². The van der Waals surface area contributed by atoms with Gasteiger partial charge in [-0.2, -0.15) is 4.58 Å². The quantitative estimate of drug-likeness (QED) is 0.526. The number of nitrogens with zero attached hydrogens (tertiary/aromatic N) is 1. The monoisotopic (exact) mass is 206 g/mol. The summed E-state index contributed by atoms with van der Waals surface area (Å²) in [6.45, 7) is 0. The molecule has 72 valence electrons. The van der Waals surface area contributed by atoms with Gasteiger partial charge >= 0.3 is 0 Å². The third kappa shape index (κ3) is 2.05. The highest BCUT2D eigenvalue weighted by Crippen LogP contribution is 2.29. The van der Waals surface area contributed by atoms with Gasteiger partial charge in [0.05, 0.1) is 0 Å². The Bertz CT molecular complexity index is 375. The largest absolute Gasteiger partial charge is 0.325 e. The Balaban J connectivity index is 2.30. The molecule has 0 fully saturated rings. The zero-order chi connectivity index (χ0) is 9.80. The Morgan fingerprint density at radius 2 is 2.14 bits per heavy atom. The van der Waals surface area contributed by atoms with E-state index in [0.717, 1.165) is 29.8 Å². The predicted octanol–water partition coefficient (Wildman–Crippen LogP) is 2.92. The number of rotatable bonds is 1. The van der Waals surface area contributed by atoms with Gasteiger partial charge in [-0.1, -0.05) is 18.2 Å². The first-order chi connectivity index (χ1) is 6.90. The van der Waals surface area contributed by atoms with Gasteiger partial charge in [-0.15, -0.1) is 0 Å². The van der Waals surface area contributed by atoms with Crippen molar-refractivity contribution in [3.8, 4) is 0 Å². The molecule has 2 heterocycles. The van der Waals surface area contributed by atoms with Crippen LogP contribution in [0.4, 0.5) is 0 Å². The number of fused-ring (bicyclic) bond motifs is 1. The van der Waals surface area contributed by atoms with E-state index in [2.05, 4.69) is 18.4 Å². The van der Waals surface area contributed by atoms with Crippen molar-refractivity contribution in [2.75, 3.05) is 0 Å². The van der Waals surface area contributed by atoms with Crippen molar-refractivity contribution in [1.82, 2.24) is 0 Å². The number of hydrogen-bond acceptors (Lipinski definition) is 2. The molecule has 0 radical (unpaired) electrons. The first-order valence-corrected chi connectivity index (χ1v) is 5.36. The van der Waals surface area contributed by atoms with Crippen molar-refractivity contribution in [3.63, 3.8) is 0 Å². The van der Waals surface area contributed by atoms with E-state index in [1.165, 1.54) is 5.57 Å². The Morgan fingerprint density at radius 1 is 1.21 bits per heavy atom. The van der Waals surface area contributed by atoms with Crippen LogP contribution >= 0.6 is 12.0 Å². The minimum atomic E-state index is 0.824. The SMILES string of the molecule is OSC1=C[N+]2=C/C=C\C=C/CCC1=C2. The van der Waals surface area contributed by atoms with Gasteiger partial charge in [0.2, 0.25) is 0 Å². The zero-order valence-electron chi connectivity index (χ0n) is 7.76. The van der Waals surface area contributed by atoms with E-state index in [1.807, 2.05) is 29.1 Å². The Hall–Kier alpha value is -1.06. The van der Waals surface area contributed by atoms with Crippen LogP contribution in [0.25, 0.3) is 0 Å². The molecule has 1 N–H and O–H groups in total. The molecule has 0 unspecified atom stereocenters. The summed E-state index contributed by atoms with van der Waals surface area (Å²) >= 11 is 0.824. The summed E-state index contributed by atoms with van der Waals surface area (Å²) in [7, 11) is 0. The fourth-order valence-electron chi connectivity index (χ4n) is 1.48. The summed E-state index contributed by atoms with van der Waals surface area (Å²) in [4.78, 5) is 0.949. The summed E-state index contributed by atoms with van der Waals surface area (Å²) in [6.07, 6.45) is 16.1. The topological polar surface area (TPSA) is 23.2 Å². The lowest BCUT2D eigenvalue weighted by Gasteiger charge is -1.96. The fourth-order valence-corrected chi connectivity index (χ4v) is 1.92. The van der Waals surface area contributed by atoms with Crippen molar-refractivity contribution >= 4 is 18.3 Å². The van der Waals surface area contributed by atoms with Crippen LogP contribution < -0.4 is 0 Å². The van der Waals surface area contributed by atoms with E-state index in [9.17, 15) is 0 Å². The minimum Gasteiger partial charge on any atom is -0.325 e. The van der Waals surface area contributed by atoms with Crippen molar-refractivity contribution in [2.24, 2.45) is 0 Å². The molecule has 0 spiro atoms. The van der Waals surface area contributed by atoms with Crippen LogP contribution in [-0.4, -0.2) is 15.3 Å². The molecule has 3 heteroatoms. The second kappa shape index (κ2) is 4.44. The smallest absolute Gasteiger partial charge is 0.190 e. The fraction of sp³-hybridized carbons (Fsp3) is 0.182. The summed E-state index contributed by atoms with van der Waals surface area (Å²) in [5.41, 5.74) is 1.20. The lowest BCUT2D eigenvalue weighted by Crippen LogP contribution is -1.91. The minimum absolute atomic E-state index is 0.824. The van der Waals surface area contributed by atoms with Crippen LogP contribution in [0.3, 0.4) is 0 Å². The maximum Gasteiger partial charge on any atom is 0.190 e. The van der Waals surface area contributed by atoms with Crippen molar-refractivity contribution in [2.45, 2.75) is 12.8 Å². The molecule has 0 aromatic heterocycles. The van der Waals surface area contributed by atoms with Gasteiger partial charge in [-0.25, -0.2) is 0 Å². The van der Waals surface area contributed by atoms with Crippen LogP contribution in [0.2, 0.25) is 0 Å². The lowest BCUT2D eigenvalue weighted by atomic mass is 10.1. The summed E-state index contributed by atoms with van der Waals surface area (Å²) < 4.78 is 11.0. The molecule has 2 rings (SSSR count). The molecule has 0 saturated heterocycles. The normalized spacial score (nSPS) is 24.8. The highest BCUT2D eigenvalue weighted by molar-refractivity contribution is 7.97. The predicted molar refractivity (Wildman–Crippen MR) is 60.2 cm³/mol. The molecule has 14 heavy (non-hydrogen) atoms. The summed E-state index contributed by atoms with van der Waals surface area (Å²) in [6, 6.07) is 0. The van der Waals surface area contributed by atoms with Gasteiger partial charge in [-0.05, 0) is 12.8 Å². The molecule has 0 amide bonds. The highest BCUT2D eigenvalue weighted by atomic mass is 32.2. The van der Waals surface area contributed by atoms with E-state index in [1.54, 1.807) is 0 Å². The van der Waals surface area contributed by atoms with Crippen LogP contribution in [-0.2, 0) is 0 Å². The molecule has 2 aliphatic rings. The third-order valence-electron chi connectivity index (χ3n) is 2.18. The molecule has 2 nitrogen and oxygen atoms in total. The van der Waals surface area contributed by atoms with Crippen molar-refractivity contribution < 1.29 is 9.13 Å². The maximum absolute atomic E-state index is 9.07. The number of allylic oxidation sites excluding steroid dienone is 5. The first-order valence-electron chi connectivity index (χ1n) is 4.58. The molecule has 2 aliphatic heterocycles. The summed E-state index contributed by atoms with van der Waals surface area (Å²) in [5.74, 6) is 0. The lowest BCUT2D eigenvalue weighted by molar-refractivity contribution is -0.367. The van der Waals surface area contributed by atoms with E-state index in [-0.39, 0.29) is 0 Å². The molecule has 0 aliphatic carbocycles. The van der Waals surface area contributed by atoms with E-state index < -0.39 is 0 Å². The van der Waals surface area contributed by atoms with Crippen molar-refractivity contribution in [3.05, 3.63) is 47.2 Å². The molecule has 0 aromatic rings. The molecular weight excluding hydrogens is 194 g/mol. The molecule has 2 bridgehead atoms. The Morgan fingerprint density at radius 3 is 3.00 bits per heavy atom. The van der Waals surface area contributed by atoms with Gasteiger partial charge in [0, 0.05) is 23.7 Å². The van der Waals surface area contributed by atoms with E-state index in [4.69, 9.17) is 4.55 Å². The third-order valence-corrected chi connectivity index (χ3v) is 2.75. The average molecular weight is 206 g/mol. The second-order valence-electron chi connectivity index (χ2n) is 3.19. The Kier molecular flexibility index (Phi) is 3.01. The zero-order valence-corrected chi connectivity index (χ0v) is 8.57. The van der Waals surface area contributed by atoms with E-state index >= 15 is 0 Å². The van der Waals surface area contributed by atoms with Gasteiger partial charge in [0.25, 0.3) is 0 Å². The van der Waals surface area contributed by atoms with Crippen molar-refractivity contribution in [1.29, 1.82) is 0 Å². The maximum atomic E-state index is 9.07. The van der Waals surface area contributed by atoms with Crippen LogP contribution in [0.15, 0.2) is 47.2 Å². The average Bonchev–Trinajstić information content (AvgIpc) is 2.59. The first kappa shape index (κ1) is 9.49. The van der Waals surface area contributed by atoms with Gasteiger partial charge < -0.3 is 4.55 Å². The van der Waals surface area contributed by atoms with Crippen LogP contribution in [0, 0.1) is 0 Å². The van der Waals surface area contributed by atoms with Gasteiger partial charge in [0.1, 0.15) is 4.91 Å². The van der Waals surface area contributed by atoms with Gasteiger partial charge in [-0.3, -0.25) is 0 Å². The summed E-state index contributed by atoms with van der Waals surface area (Å²) in [5, 5.41) is 0. The molecule has 0 atom stereocenters. The molecule has 0 saturated carbocycles. The van der Waals surface area contributed by atoms with Gasteiger partial charge in [0.15, 0.2) is 18.6 Å². The molecular formula is C11H12NOS+. The second-order valence-corrected chi connectivity index (χ2v) is 3.81. The standard InChI is InChI=1S/C11H11NOS/c13-14-11-9-12-7-5-3-1-2-4-6-10(11)8-12/h1-3,5,7-9H,4,6H2/p+1/b2-1-,5-3-,12-7?. The van der Waals surface area contributed by atoms with Crippen LogP contribution in [0.1, 0.15) is 12.8 Å². The molecule has 0 aromatic carbocycles. The highest BCUT2D eigenvalue weighted by Gasteiger charge is 2.18. The van der Waals surface area contributed by atoms with E-state index in [0.29, 0.717) is 0 Å². The van der Waals surface area contributed by atoms with Crippen LogP contribution in [0.5, 0.6) is 0 Å². The number of hydrogen-bond donors (Lipinski definition) is 1.